The van der Waals surface area contributed by atoms with Crippen molar-refractivity contribution < 1.29 is 4.79 Å². The Hall–Kier alpha value is -2.02. The Labute approximate surface area is 168 Å². The SMILES string of the molecule is Cc1cc(C)cc(C(=O)N2CCN(Cc3nc(-c4cccs4)cs3)CC2)c1. The van der Waals surface area contributed by atoms with Crippen molar-refractivity contribution in [3.63, 3.8) is 0 Å². The molecule has 0 spiro atoms. The number of rotatable bonds is 4. The van der Waals surface area contributed by atoms with Crippen molar-refractivity contribution in [3.8, 4) is 10.6 Å². The summed E-state index contributed by atoms with van der Waals surface area (Å²) in [5.74, 6) is 0.149. The lowest BCUT2D eigenvalue weighted by molar-refractivity contribution is 0.0628. The van der Waals surface area contributed by atoms with Gasteiger partial charge in [0, 0.05) is 37.1 Å². The minimum atomic E-state index is 0.149. The molecule has 1 fully saturated rings. The van der Waals surface area contributed by atoms with Gasteiger partial charge in [-0.05, 0) is 37.4 Å². The predicted molar refractivity (Wildman–Crippen MR) is 113 cm³/mol. The minimum Gasteiger partial charge on any atom is -0.336 e. The standard InChI is InChI=1S/C21H23N3OS2/c1-15-10-16(2)12-17(11-15)21(25)24-7-5-23(6-8-24)13-20-22-18(14-27-20)19-4-3-9-26-19/h3-4,9-12,14H,5-8,13H2,1-2H3. The molecule has 4 rings (SSSR count). The van der Waals surface area contributed by atoms with Gasteiger partial charge in [0.1, 0.15) is 5.01 Å². The first-order valence-electron chi connectivity index (χ1n) is 9.17. The molecule has 3 heterocycles. The molecule has 0 saturated carbocycles. The average molecular weight is 398 g/mol. The van der Waals surface area contributed by atoms with Crippen LogP contribution < -0.4 is 0 Å². The quantitative estimate of drug-likeness (QED) is 0.653. The molecule has 140 valence electrons. The van der Waals surface area contributed by atoms with Gasteiger partial charge in [-0.1, -0.05) is 23.3 Å². The Morgan fingerprint density at radius 1 is 1.07 bits per heavy atom. The molecule has 4 nitrogen and oxygen atoms in total. The van der Waals surface area contributed by atoms with Gasteiger partial charge in [-0.2, -0.15) is 0 Å². The summed E-state index contributed by atoms with van der Waals surface area (Å²) < 4.78 is 0. The molecule has 0 aliphatic carbocycles. The summed E-state index contributed by atoms with van der Waals surface area (Å²) in [4.78, 5) is 23.2. The highest BCUT2D eigenvalue weighted by Crippen LogP contribution is 2.26. The van der Waals surface area contributed by atoms with E-state index in [0.717, 1.165) is 60.1 Å². The molecule has 1 aliphatic rings. The van der Waals surface area contributed by atoms with Crippen LogP contribution in [0.5, 0.6) is 0 Å². The predicted octanol–water partition coefficient (Wildman–Crippen LogP) is 4.45. The Morgan fingerprint density at radius 3 is 2.48 bits per heavy atom. The molecule has 1 amide bonds. The van der Waals surface area contributed by atoms with Crippen LogP contribution in [0.2, 0.25) is 0 Å². The van der Waals surface area contributed by atoms with Crippen molar-refractivity contribution in [3.05, 3.63) is 62.8 Å². The van der Waals surface area contributed by atoms with E-state index in [1.165, 1.54) is 4.88 Å². The molecule has 0 unspecified atom stereocenters. The van der Waals surface area contributed by atoms with Crippen molar-refractivity contribution in [1.82, 2.24) is 14.8 Å². The maximum Gasteiger partial charge on any atom is 0.253 e. The Bertz CT molecular complexity index is 905. The molecule has 6 heteroatoms. The summed E-state index contributed by atoms with van der Waals surface area (Å²) in [6.07, 6.45) is 0. The van der Waals surface area contributed by atoms with Gasteiger partial charge in [0.25, 0.3) is 5.91 Å². The topological polar surface area (TPSA) is 36.4 Å². The third-order valence-corrected chi connectivity index (χ3v) is 6.54. The molecule has 1 aromatic carbocycles. The van der Waals surface area contributed by atoms with E-state index >= 15 is 0 Å². The van der Waals surface area contributed by atoms with Crippen LogP contribution >= 0.6 is 22.7 Å². The van der Waals surface area contributed by atoms with Gasteiger partial charge in [0.2, 0.25) is 0 Å². The zero-order valence-electron chi connectivity index (χ0n) is 15.6. The van der Waals surface area contributed by atoms with E-state index in [-0.39, 0.29) is 5.91 Å². The van der Waals surface area contributed by atoms with E-state index < -0.39 is 0 Å². The van der Waals surface area contributed by atoms with Crippen LogP contribution in [0.25, 0.3) is 10.6 Å². The summed E-state index contributed by atoms with van der Waals surface area (Å²) in [5, 5.41) is 5.37. The molecule has 0 N–H and O–H groups in total. The first kappa shape index (κ1) is 18.3. The van der Waals surface area contributed by atoms with Gasteiger partial charge < -0.3 is 4.90 Å². The number of aryl methyl sites for hydroxylation is 2. The maximum atomic E-state index is 12.8. The number of thiazole rings is 1. The number of nitrogens with zero attached hydrogens (tertiary/aromatic N) is 3. The van der Waals surface area contributed by atoms with Gasteiger partial charge in [-0.15, -0.1) is 22.7 Å². The van der Waals surface area contributed by atoms with E-state index in [0.29, 0.717) is 0 Å². The van der Waals surface area contributed by atoms with Gasteiger partial charge in [-0.3, -0.25) is 9.69 Å². The van der Waals surface area contributed by atoms with E-state index in [4.69, 9.17) is 4.98 Å². The summed E-state index contributed by atoms with van der Waals surface area (Å²) >= 11 is 3.45. The van der Waals surface area contributed by atoms with E-state index in [1.54, 1.807) is 22.7 Å². The van der Waals surface area contributed by atoms with E-state index in [1.807, 2.05) is 30.9 Å². The fraction of sp³-hybridized carbons (Fsp3) is 0.333. The number of amides is 1. The number of aromatic nitrogens is 1. The highest BCUT2D eigenvalue weighted by atomic mass is 32.1. The fourth-order valence-electron chi connectivity index (χ4n) is 3.50. The minimum absolute atomic E-state index is 0.149. The summed E-state index contributed by atoms with van der Waals surface area (Å²) in [5.41, 5.74) is 4.17. The molecule has 3 aromatic rings. The molecule has 1 aliphatic heterocycles. The fourth-order valence-corrected chi connectivity index (χ4v) is 5.10. The molecule has 0 atom stereocenters. The van der Waals surface area contributed by atoms with Gasteiger partial charge in [0.05, 0.1) is 17.1 Å². The smallest absolute Gasteiger partial charge is 0.253 e. The van der Waals surface area contributed by atoms with Crippen molar-refractivity contribution >= 4 is 28.6 Å². The third kappa shape index (κ3) is 4.29. The zero-order chi connectivity index (χ0) is 18.8. The Morgan fingerprint density at radius 2 is 1.81 bits per heavy atom. The van der Waals surface area contributed by atoms with Crippen LogP contribution in [-0.4, -0.2) is 46.9 Å². The highest BCUT2D eigenvalue weighted by molar-refractivity contribution is 7.14. The molecule has 27 heavy (non-hydrogen) atoms. The molecule has 0 radical (unpaired) electrons. The molecular weight excluding hydrogens is 374 g/mol. The van der Waals surface area contributed by atoms with E-state index in [9.17, 15) is 4.79 Å². The number of carbonyl (C=O) groups excluding carboxylic acids is 1. The van der Waals surface area contributed by atoms with Gasteiger partial charge in [0.15, 0.2) is 0 Å². The third-order valence-electron chi connectivity index (χ3n) is 4.81. The monoisotopic (exact) mass is 397 g/mol. The van der Waals surface area contributed by atoms with Crippen LogP contribution in [-0.2, 0) is 6.54 Å². The lowest BCUT2D eigenvalue weighted by atomic mass is 10.1. The largest absolute Gasteiger partial charge is 0.336 e. The molecule has 0 bridgehead atoms. The second-order valence-electron chi connectivity index (χ2n) is 7.05. The van der Waals surface area contributed by atoms with Crippen LogP contribution in [0.15, 0.2) is 41.1 Å². The van der Waals surface area contributed by atoms with Crippen LogP contribution in [0.4, 0.5) is 0 Å². The maximum absolute atomic E-state index is 12.8. The second kappa shape index (κ2) is 7.92. The first-order chi connectivity index (χ1) is 13.1. The van der Waals surface area contributed by atoms with Crippen molar-refractivity contribution in [1.29, 1.82) is 0 Å². The zero-order valence-corrected chi connectivity index (χ0v) is 17.3. The molecular formula is C21H23N3OS2. The van der Waals surface area contributed by atoms with Crippen molar-refractivity contribution in [2.75, 3.05) is 26.2 Å². The Kier molecular flexibility index (Phi) is 5.38. The summed E-state index contributed by atoms with van der Waals surface area (Å²) in [6, 6.07) is 10.3. The summed E-state index contributed by atoms with van der Waals surface area (Å²) in [7, 11) is 0. The van der Waals surface area contributed by atoms with Crippen LogP contribution in [0.3, 0.4) is 0 Å². The van der Waals surface area contributed by atoms with Crippen molar-refractivity contribution in [2.24, 2.45) is 0 Å². The number of thiophene rings is 1. The number of carbonyl (C=O) groups is 1. The highest BCUT2D eigenvalue weighted by Gasteiger charge is 2.23. The van der Waals surface area contributed by atoms with Gasteiger partial charge >= 0.3 is 0 Å². The number of hydrogen-bond acceptors (Lipinski definition) is 5. The number of piperazine rings is 1. The van der Waals surface area contributed by atoms with Crippen LogP contribution in [0, 0.1) is 13.8 Å². The molecule has 1 saturated heterocycles. The second-order valence-corrected chi connectivity index (χ2v) is 8.94. The lowest BCUT2D eigenvalue weighted by Crippen LogP contribution is -2.48. The average Bonchev–Trinajstić information content (AvgIpc) is 3.32. The van der Waals surface area contributed by atoms with Crippen molar-refractivity contribution in [2.45, 2.75) is 20.4 Å². The number of benzene rings is 1. The van der Waals surface area contributed by atoms with Gasteiger partial charge in [-0.25, -0.2) is 4.98 Å². The normalized spacial score (nSPS) is 15.3. The number of hydrogen-bond donors (Lipinski definition) is 0. The lowest BCUT2D eigenvalue weighted by Gasteiger charge is -2.34. The first-order valence-corrected chi connectivity index (χ1v) is 10.9. The van der Waals surface area contributed by atoms with Crippen LogP contribution in [0.1, 0.15) is 26.5 Å². The Balaban J connectivity index is 1.34. The molecule has 2 aromatic heterocycles. The summed E-state index contributed by atoms with van der Waals surface area (Å²) in [6.45, 7) is 8.28. The van der Waals surface area contributed by atoms with E-state index in [2.05, 4.69) is 33.9 Å².